The highest BCUT2D eigenvalue weighted by Crippen LogP contribution is 2.36. The zero-order valence-corrected chi connectivity index (χ0v) is 18.4. The maximum absolute atomic E-state index is 13.6. The molecule has 0 bridgehead atoms. The van der Waals surface area contributed by atoms with Gasteiger partial charge in [0.1, 0.15) is 5.82 Å². The van der Waals surface area contributed by atoms with Crippen LogP contribution in [0.5, 0.6) is 0 Å². The minimum absolute atomic E-state index is 0.262. The molecule has 1 aliphatic rings. The average Bonchev–Trinajstić information content (AvgIpc) is 3.20. The first kappa shape index (κ1) is 20.9. The minimum atomic E-state index is -3.80. The Balaban J connectivity index is 1.75. The van der Waals surface area contributed by atoms with Crippen LogP contribution in [0.1, 0.15) is 11.1 Å². The van der Waals surface area contributed by atoms with E-state index in [0.717, 1.165) is 16.6 Å². The lowest BCUT2D eigenvalue weighted by Crippen LogP contribution is -2.30. The maximum atomic E-state index is 13.6. The molecule has 0 aliphatic carbocycles. The van der Waals surface area contributed by atoms with Crippen molar-refractivity contribution in [3.05, 3.63) is 65.9 Å². The molecular formula is C23H23N3O4S. The first-order valence-electron chi connectivity index (χ1n) is 9.79. The zero-order valence-electron chi connectivity index (χ0n) is 17.6. The number of sulfonamides is 1. The van der Waals surface area contributed by atoms with Crippen LogP contribution in [0.2, 0.25) is 0 Å². The summed E-state index contributed by atoms with van der Waals surface area (Å²) in [4.78, 5) is 17.9. The standard InChI is InChI=1S/C23H23N3O4S/c1-25(2)20-8-4-7-19-18(20)6-5-9-21(19)31(28,29)26-13-12-17-14-16(15-24-23(17)26)10-11-22(27)30-3/h4-11,14-15H,12-13H2,1-3H3/b11-10+. The summed E-state index contributed by atoms with van der Waals surface area (Å²) in [5.41, 5.74) is 2.49. The number of rotatable bonds is 5. The second kappa shape index (κ2) is 8.03. The number of anilines is 2. The molecule has 3 aromatic rings. The van der Waals surface area contributed by atoms with Gasteiger partial charge in [-0.25, -0.2) is 22.5 Å². The molecule has 8 heteroatoms. The summed E-state index contributed by atoms with van der Waals surface area (Å²) in [6.45, 7) is 0.318. The lowest BCUT2D eigenvalue weighted by Gasteiger charge is -2.21. The van der Waals surface area contributed by atoms with E-state index in [4.69, 9.17) is 0 Å². The number of hydrogen-bond donors (Lipinski definition) is 0. The number of carbonyl (C=O) groups is 1. The number of ether oxygens (including phenoxy) is 1. The zero-order chi connectivity index (χ0) is 22.2. The summed E-state index contributed by atoms with van der Waals surface area (Å²) >= 11 is 0. The second-order valence-corrected chi connectivity index (χ2v) is 9.29. The number of benzene rings is 2. The van der Waals surface area contributed by atoms with E-state index >= 15 is 0 Å². The number of hydrogen-bond acceptors (Lipinski definition) is 6. The van der Waals surface area contributed by atoms with E-state index in [2.05, 4.69) is 9.72 Å². The average molecular weight is 438 g/mol. The molecule has 0 amide bonds. The third-order valence-corrected chi connectivity index (χ3v) is 7.15. The SMILES string of the molecule is COC(=O)/C=C/c1cnc2c(c1)CCN2S(=O)(=O)c1cccc2c(N(C)C)cccc12. The first-order valence-corrected chi connectivity index (χ1v) is 11.2. The van der Waals surface area contributed by atoms with Gasteiger partial charge in [-0.15, -0.1) is 0 Å². The van der Waals surface area contributed by atoms with Crippen LogP contribution < -0.4 is 9.21 Å². The molecule has 1 aromatic heterocycles. The Labute approximate surface area is 181 Å². The molecule has 2 heterocycles. The van der Waals surface area contributed by atoms with E-state index in [-0.39, 0.29) is 4.90 Å². The van der Waals surface area contributed by atoms with Crippen LogP contribution in [-0.2, 0) is 26.0 Å². The van der Waals surface area contributed by atoms with Gasteiger partial charge in [0.15, 0.2) is 0 Å². The molecule has 160 valence electrons. The van der Waals surface area contributed by atoms with Gasteiger partial charge >= 0.3 is 5.97 Å². The Kier molecular flexibility index (Phi) is 5.41. The number of esters is 1. The molecule has 4 rings (SSSR count). The van der Waals surface area contributed by atoms with Gasteiger partial charge in [0.05, 0.1) is 12.0 Å². The predicted molar refractivity (Wildman–Crippen MR) is 122 cm³/mol. The summed E-state index contributed by atoms with van der Waals surface area (Å²) in [6.07, 6.45) is 5.02. The first-order chi connectivity index (χ1) is 14.8. The topological polar surface area (TPSA) is 79.8 Å². The summed E-state index contributed by atoms with van der Waals surface area (Å²) in [5.74, 6) is -0.0336. The summed E-state index contributed by atoms with van der Waals surface area (Å²) in [6, 6.07) is 12.9. The Morgan fingerprint density at radius 2 is 1.90 bits per heavy atom. The van der Waals surface area contributed by atoms with Crippen molar-refractivity contribution >= 4 is 44.3 Å². The van der Waals surface area contributed by atoms with Crippen molar-refractivity contribution in [3.63, 3.8) is 0 Å². The van der Waals surface area contributed by atoms with E-state index in [1.807, 2.05) is 49.3 Å². The van der Waals surface area contributed by atoms with Gasteiger partial charge in [-0.1, -0.05) is 24.3 Å². The minimum Gasteiger partial charge on any atom is -0.466 e. The van der Waals surface area contributed by atoms with Gasteiger partial charge in [-0.05, 0) is 41.8 Å². The molecule has 31 heavy (non-hydrogen) atoms. The van der Waals surface area contributed by atoms with Crippen LogP contribution in [0, 0.1) is 0 Å². The number of fused-ring (bicyclic) bond motifs is 2. The van der Waals surface area contributed by atoms with Crippen LogP contribution in [0.3, 0.4) is 0 Å². The Hall–Kier alpha value is -3.39. The highest BCUT2D eigenvalue weighted by atomic mass is 32.2. The number of carbonyl (C=O) groups excluding carboxylic acids is 1. The summed E-state index contributed by atoms with van der Waals surface area (Å²) in [7, 11) is 1.37. The van der Waals surface area contributed by atoms with Crippen molar-refractivity contribution in [2.75, 3.05) is 37.0 Å². The monoisotopic (exact) mass is 437 g/mol. The van der Waals surface area contributed by atoms with E-state index in [1.165, 1.54) is 17.5 Å². The van der Waals surface area contributed by atoms with E-state index < -0.39 is 16.0 Å². The number of pyridine rings is 1. The molecule has 0 atom stereocenters. The fourth-order valence-electron chi connectivity index (χ4n) is 3.81. The third kappa shape index (κ3) is 3.74. The number of aromatic nitrogens is 1. The van der Waals surface area contributed by atoms with Crippen LogP contribution in [0.15, 0.2) is 59.6 Å². The van der Waals surface area contributed by atoms with Crippen molar-refractivity contribution < 1.29 is 17.9 Å². The smallest absolute Gasteiger partial charge is 0.330 e. The van der Waals surface area contributed by atoms with Crippen LogP contribution in [0.4, 0.5) is 11.5 Å². The highest BCUT2D eigenvalue weighted by Gasteiger charge is 2.33. The summed E-state index contributed by atoms with van der Waals surface area (Å²) in [5, 5.41) is 1.56. The fraction of sp³-hybridized carbons (Fsp3) is 0.217. The van der Waals surface area contributed by atoms with Gasteiger partial charge < -0.3 is 9.64 Å². The van der Waals surface area contributed by atoms with E-state index in [0.29, 0.717) is 29.7 Å². The summed E-state index contributed by atoms with van der Waals surface area (Å²) < 4.78 is 33.2. The van der Waals surface area contributed by atoms with E-state index in [9.17, 15) is 13.2 Å². The van der Waals surface area contributed by atoms with Crippen molar-refractivity contribution in [1.82, 2.24) is 4.98 Å². The quantitative estimate of drug-likeness (QED) is 0.450. The molecule has 0 saturated heterocycles. The van der Waals surface area contributed by atoms with E-state index in [1.54, 1.807) is 24.4 Å². The van der Waals surface area contributed by atoms with Gasteiger partial charge in [0.25, 0.3) is 10.0 Å². The normalized spacial score (nSPS) is 13.6. The van der Waals surface area contributed by atoms with Gasteiger partial charge in [0.2, 0.25) is 0 Å². The van der Waals surface area contributed by atoms with Crippen molar-refractivity contribution in [1.29, 1.82) is 0 Å². The lowest BCUT2D eigenvalue weighted by atomic mass is 10.1. The van der Waals surface area contributed by atoms with Crippen LogP contribution in [0.25, 0.3) is 16.8 Å². The molecule has 0 fully saturated rings. The van der Waals surface area contributed by atoms with Gasteiger partial charge in [-0.3, -0.25) is 0 Å². The third-order valence-electron chi connectivity index (χ3n) is 5.31. The van der Waals surface area contributed by atoms with Crippen LogP contribution >= 0.6 is 0 Å². The van der Waals surface area contributed by atoms with Crippen LogP contribution in [-0.4, -0.2) is 47.1 Å². The van der Waals surface area contributed by atoms with Gasteiger partial charge in [0, 0.05) is 49.4 Å². The predicted octanol–water partition coefficient (Wildman–Crippen LogP) is 3.24. The lowest BCUT2D eigenvalue weighted by molar-refractivity contribution is -0.134. The Morgan fingerprint density at radius 3 is 2.65 bits per heavy atom. The molecule has 2 aromatic carbocycles. The second-order valence-electron chi connectivity index (χ2n) is 7.46. The van der Waals surface area contributed by atoms with Crippen molar-refractivity contribution in [2.24, 2.45) is 0 Å². The van der Waals surface area contributed by atoms with Crippen molar-refractivity contribution in [2.45, 2.75) is 11.3 Å². The highest BCUT2D eigenvalue weighted by molar-refractivity contribution is 7.93. The molecule has 0 saturated carbocycles. The van der Waals surface area contributed by atoms with Gasteiger partial charge in [-0.2, -0.15) is 0 Å². The molecule has 0 N–H and O–H groups in total. The molecule has 0 radical (unpaired) electrons. The fourth-order valence-corrected chi connectivity index (χ4v) is 5.48. The largest absolute Gasteiger partial charge is 0.466 e. The molecule has 0 spiro atoms. The molecule has 0 unspecified atom stereocenters. The molecule has 7 nitrogen and oxygen atoms in total. The Bertz CT molecular complexity index is 1300. The Morgan fingerprint density at radius 1 is 1.16 bits per heavy atom. The number of nitrogens with zero attached hydrogens (tertiary/aromatic N) is 3. The maximum Gasteiger partial charge on any atom is 0.330 e. The van der Waals surface area contributed by atoms with Crippen molar-refractivity contribution in [3.8, 4) is 0 Å². The molecule has 1 aliphatic heterocycles. The molecular weight excluding hydrogens is 414 g/mol. The number of methoxy groups -OCH3 is 1.